The lowest BCUT2D eigenvalue weighted by Gasteiger charge is -2.17. The molecule has 1 aliphatic heterocycles. The molecule has 0 saturated carbocycles. The standard InChI is InChI=1S/C13H16Cl2N2O/c1-16-12-5-7-17(13(12)18)6-4-9-2-3-10(14)8-11(9)15/h2-3,8,12,16H,4-7H2,1H3. The van der Waals surface area contributed by atoms with Gasteiger partial charge in [0.2, 0.25) is 5.91 Å². The first-order valence-corrected chi connectivity index (χ1v) is 6.77. The van der Waals surface area contributed by atoms with E-state index in [1.165, 1.54) is 0 Å². The topological polar surface area (TPSA) is 32.3 Å². The number of halogens is 2. The second-order valence-corrected chi connectivity index (χ2v) is 5.28. The molecule has 98 valence electrons. The maximum absolute atomic E-state index is 11.9. The van der Waals surface area contributed by atoms with Crippen molar-refractivity contribution < 1.29 is 4.79 Å². The van der Waals surface area contributed by atoms with E-state index in [1.54, 1.807) is 6.07 Å². The minimum absolute atomic E-state index is 0.0225. The SMILES string of the molecule is CNC1CCN(CCc2ccc(Cl)cc2Cl)C1=O. The Bertz CT molecular complexity index is 451. The Balaban J connectivity index is 1.94. The normalized spacial score (nSPS) is 19.6. The lowest BCUT2D eigenvalue weighted by atomic mass is 10.1. The number of nitrogens with one attached hydrogen (secondary N) is 1. The Kier molecular flexibility index (Phi) is 4.49. The molecule has 1 amide bonds. The van der Waals surface area contributed by atoms with Crippen molar-refractivity contribution in [2.75, 3.05) is 20.1 Å². The predicted molar refractivity (Wildman–Crippen MR) is 74.2 cm³/mol. The van der Waals surface area contributed by atoms with Crippen molar-refractivity contribution in [3.63, 3.8) is 0 Å². The van der Waals surface area contributed by atoms with Gasteiger partial charge in [-0.05, 0) is 37.6 Å². The molecule has 1 saturated heterocycles. The van der Waals surface area contributed by atoms with Crippen LogP contribution in [0.2, 0.25) is 10.0 Å². The molecule has 0 radical (unpaired) electrons. The van der Waals surface area contributed by atoms with E-state index in [9.17, 15) is 4.79 Å². The zero-order valence-electron chi connectivity index (χ0n) is 10.2. The highest BCUT2D eigenvalue weighted by Crippen LogP contribution is 2.22. The van der Waals surface area contributed by atoms with Crippen LogP contribution >= 0.6 is 23.2 Å². The molecule has 1 aromatic carbocycles. The number of likely N-dealkylation sites (tertiary alicyclic amines) is 1. The number of nitrogens with zero attached hydrogens (tertiary/aromatic N) is 1. The van der Waals surface area contributed by atoms with E-state index in [4.69, 9.17) is 23.2 Å². The first kappa shape index (κ1) is 13.7. The van der Waals surface area contributed by atoms with Gasteiger partial charge in [0, 0.05) is 23.1 Å². The number of carbonyl (C=O) groups excluding carboxylic acids is 1. The second-order valence-electron chi connectivity index (χ2n) is 4.44. The summed E-state index contributed by atoms with van der Waals surface area (Å²) in [6.07, 6.45) is 1.64. The van der Waals surface area contributed by atoms with Gasteiger partial charge >= 0.3 is 0 Å². The van der Waals surface area contributed by atoms with E-state index in [1.807, 2.05) is 24.1 Å². The van der Waals surface area contributed by atoms with Crippen molar-refractivity contribution in [1.29, 1.82) is 0 Å². The Morgan fingerprint density at radius 2 is 2.22 bits per heavy atom. The molecule has 1 aliphatic rings. The molecule has 0 aromatic heterocycles. The molecule has 18 heavy (non-hydrogen) atoms. The maximum atomic E-state index is 11.9. The van der Waals surface area contributed by atoms with Crippen LogP contribution in [0.3, 0.4) is 0 Å². The number of likely N-dealkylation sites (N-methyl/N-ethyl adjacent to an activating group) is 1. The Morgan fingerprint density at radius 3 is 2.83 bits per heavy atom. The third-order valence-corrected chi connectivity index (χ3v) is 3.90. The van der Waals surface area contributed by atoms with Crippen LogP contribution in [0.25, 0.3) is 0 Å². The van der Waals surface area contributed by atoms with E-state index in [0.717, 1.165) is 24.9 Å². The smallest absolute Gasteiger partial charge is 0.239 e. The lowest BCUT2D eigenvalue weighted by molar-refractivity contribution is -0.129. The van der Waals surface area contributed by atoms with Gasteiger partial charge < -0.3 is 10.2 Å². The van der Waals surface area contributed by atoms with Gasteiger partial charge in [-0.15, -0.1) is 0 Å². The van der Waals surface area contributed by atoms with E-state index >= 15 is 0 Å². The summed E-state index contributed by atoms with van der Waals surface area (Å²) < 4.78 is 0. The van der Waals surface area contributed by atoms with E-state index in [-0.39, 0.29) is 11.9 Å². The molecule has 5 heteroatoms. The molecular weight excluding hydrogens is 271 g/mol. The second kappa shape index (κ2) is 5.91. The van der Waals surface area contributed by atoms with Crippen molar-refractivity contribution >= 4 is 29.1 Å². The third kappa shape index (κ3) is 2.97. The minimum Gasteiger partial charge on any atom is -0.341 e. The molecule has 0 spiro atoms. The third-order valence-electron chi connectivity index (χ3n) is 3.31. The largest absolute Gasteiger partial charge is 0.341 e. The van der Waals surface area contributed by atoms with Crippen molar-refractivity contribution in [1.82, 2.24) is 10.2 Å². The average molecular weight is 287 g/mol. The van der Waals surface area contributed by atoms with Crippen LogP contribution in [0.5, 0.6) is 0 Å². The Labute approximate surface area is 117 Å². The molecule has 0 bridgehead atoms. The summed E-state index contributed by atoms with van der Waals surface area (Å²) >= 11 is 12.0. The number of amides is 1. The fourth-order valence-electron chi connectivity index (χ4n) is 2.21. The number of rotatable bonds is 4. The summed E-state index contributed by atoms with van der Waals surface area (Å²) in [4.78, 5) is 13.8. The molecule has 1 N–H and O–H groups in total. The average Bonchev–Trinajstić information content (AvgIpc) is 2.69. The number of benzene rings is 1. The maximum Gasteiger partial charge on any atom is 0.239 e. The molecule has 1 fully saturated rings. The fraction of sp³-hybridized carbons (Fsp3) is 0.462. The van der Waals surface area contributed by atoms with Crippen LogP contribution in [-0.2, 0) is 11.2 Å². The van der Waals surface area contributed by atoms with Gasteiger partial charge in [0.25, 0.3) is 0 Å². The summed E-state index contributed by atoms with van der Waals surface area (Å²) in [5.74, 6) is 0.183. The summed E-state index contributed by atoms with van der Waals surface area (Å²) in [6, 6.07) is 5.46. The highest BCUT2D eigenvalue weighted by Gasteiger charge is 2.29. The Hall–Kier alpha value is -0.770. The van der Waals surface area contributed by atoms with E-state index in [2.05, 4.69) is 5.32 Å². The summed E-state index contributed by atoms with van der Waals surface area (Å²) in [6.45, 7) is 1.52. The Morgan fingerprint density at radius 1 is 1.44 bits per heavy atom. The van der Waals surface area contributed by atoms with Crippen LogP contribution in [0, 0.1) is 0 Å². The van der Waals surface area contributed by atoms with Gasteiger partial charge in [0.05, 0.1) is 6.04 Å². The molecule has 2 rings (SSSR count). The van der Waals surface area contributed by atoms with E-state index < -0.39 is 0 Å². The quantitative estimate of drug-likeness (QED) is 0.922. The summed E-state index contributed by atoms with van der Waals surface area (Å²) in [5.41, 5.74) is 1.03. The summed E-state index contributed by atoms with van der Waals surface area (Å²) in [7, 11) is 1.82. The van der Waals surface area contributed by atoms with Gasteiger partial charge in [-0.1, -0.05) is 29.3 Å². The molecular formula is C13H16Cl2N2O. The van der Waals surface area contributed by atoms with E-state index in [0.29, 0.717) is 16.6 Å². The zero-order valence-corrected chi connectivity index (χ0v) is 11.8. The fourth-order valence-corrected chi connectivity index (χ4v) is 2.71. The van der Waals surface area contributed by atoms with Crippen LogP contribution in [-0.4, -0.2) is 37.0 Å². The molecule has 1 aromatic rings. The molecule has 1 unspecified atom stereocenters. The van der Waals surface area contributed by atoms with Crippen molar-refractivity contribution in [2.45, 2.75) is 18.9 Å². The predicted octanol–water partition coefficient (Wildman–Crippen LogP) is 2.36. The van der Waals surface area contributed by atoms with Crippen molar-refractivity contribution in [3.05, 3.63) is 33.8 Å². The van der Waals surface area contributed by atoms with Crippen molar-refractivity contribution in [2.24, 2.45) is 0 Å². The summed E-state index contributed by atoms with van der Waals surface area (Å²) in [5, 5.41) is 4.33. The van der Waals surface area contributed by atoms with Gasteiger partial charge in [0.1, 0.15) is 0 Å². The number of hydrogen-bond donors (Lipinski definition) is 1. The molecule has 0 aliphatic carbocycles. The molecule has 1 heterocycles. The lowest BCUT2D eigenvalue weighted by Crippen LogP contribution is -2.37. The zero-order chi connectivity index (χ0) is 13.1. The van der Waals surface area contributed by atoms with Crippen LogP contribution < -0.4 is 5.32 Å². The van der Waals surface area contributed by atoms with Crippen LogP contribution in [0.15, 0.2) is 18.2 Å². The molecule has 3 nitrogen and oxygen atoms in total. The van der Waals surface area contributed by atoms with Crippen LogP contribution in [0.4, 0.5) is 0 Å². The first-order valence-electron chi connectivity index (χ1n) is 6.02. The number of carbonyl (C=O) groups is 1. The van der Waals surface area contributed by atoms with Crippen molar-refractivity contribution in [3.8, 4) is 0 Å². The monoisotopic (exact) mass is 286 g/mol. The van der Waals surface area contributed by atoms with Crippen LogP contribution in [0.1, 0.15) is 12.0 Å². The van der Waals surface area contributed by atoms with Gasteiger partial charge in [0.15, 0.2) is 0 Å². The highest BCUT2D eigenvalue weighted by atomic mass is 35.5. The van der Waals surface area contributed by atoms with Gasteiger partial charge in [-0.3, -0.25) is 4.79 Å². The van der Waals surface area contributed by atoms with Gasteiger partial charge in [-0.2, -0.15) is 0 Å². The number of hydrogen-bond acceptors (Lipinski definition) is 2. The highest BCUT2D eigenvalue weighted by molar-refractivity contribution is 6.35. The molecule has 1 atom stereocenters. The van der Waals surface area contributed by atoms with Gasteiger partial charge in [-0.25, -0.2) is 0 Å². The minimum atomic E-state index is -0.0225. The first-order chi connectivity index (χ1) is 8.61.